The lowest BCUT2D eigenvalue weighted by Gasteiger charge is -2.14. The van der Waals surface area contributed by atoms with E-state index in [1.165, 1.54) is 6.26 Å². The SMILES string of the molecule is CS(=O)(=O)NCC1CCN(Cc2ccc(-c3ccn[nH]3)o2)C1. The molecule has 1 unspecified atom stereocenters. The molecule has 0 amide bonds. The third kappa shape index (κ3) is 3.96. The summed E-state index contributed by atoms with van der Waals surface area (Å²) >= 11 is 0. The van der Waals surface area contributed by atoms with Crippen molar-refractivity contribution < 1.29 is 12.8 Å². The van der Waals surface area contributed by atoms with Crippen molar-refractivity contribution in [2.24, 2.45) is 5.92 Å². The first-order chi connectivity index (χ1) is 10.5. The summed E-state index contributed by atoms with van der Waals surface area (Å²) in [6.45, 7) is 3.08. The Bertz CT molecular complexity index is 708. The van der Waals surface area contributed by atoms with Crippen LogP contribution in [0.3, 0.4) is 0 Å². The first kappa shape index (κ1) is 15.3. The molecule has 0 radical (unpaired) electrons. The maximum Gasteiger partial charge on any atom is 0.208 e. The lowest BCUT2D eigenvalue weighted by molar-refractivity contribution is 0.288. The minimum atomic E-state index is -3.11. The maximum atomic E-state index is 11.1. The van der Waals surface area contributed by atoms with Crippen LogP contribution in [0.25, 0.3) is 11.5 Å². The molecule has 0 aliphatic carbocycles. The Labute approximate surface area is 129 Å². The number of nitrogens with zero attached hydrogens (tertiary/aromatic N) is 2. The zero-order chi connectivity index (χ0) is 15.6. The van der Waals surface area contributed by atoms with E-state index in [0.717, 1.165) is 43.3 Å². The predicted molar refractivity (Wildman–Crippen MR) is 82.5 cm³/mol. The minimum absolute atomic E-state index is 0.358. The summed E-state index contributed by atoms with van der Waals surface area (Å²) in [5, 5.41) is 6.79. The van der Waals surface area contributed by atoms with Crippen molar-refractivity contribution in [3.8, 4) is 11.5 Å². The highest BCUT2D eigenvalue weighted by Crippen LogP contribution is 2.23. The number of H-pyrrole nitrogens is 1. The van der Waals surface area contributed by atoms with Crippen molar-refractivity contribution in [1.82, 2.24) is 19.8 Å². The van der Waals surface area contributed by atoms with Crippen LogP contribution in [-0.4, -0.2) is 49.4 Å². The van der Waals surface area contributed by atoms with Crippen LogP contribution in [0, 0.1) is 5.92 Å². The van der Waals surface area contributed by atoms with Gasteiger partial charge in [0.1, 0.15) is 11.5 Å². The van der Waals surface area contributed by atoms with Gasteiger partial charge in [-0.05, 0) is 37.1 Å². The molecule has 22 heavy (non-hydrogen) atoms. The smallest absolute Gasteiger partial charge is 0.208 e. The fourth-order valence-corrected chi connectivity index (χ4v) is 3.25. The molecule has 0 aromatic carbocycles. The summed E-state index contributed by atoms with van der Waals surface area (Å²) in [4.78, 5) is 2.28. The average Bonchev–Trinajstić information content (AvgIpc) is 3.17. The summed E-state index contributed by atoms with van der Waals surface area (Å²) in [6.07, 6.45) is 3.88. The summed E-state index contributed by atoms with van der Waals surface area (Å²) in [7, 11) is -3.11. The lowest BCUT2D eigenvalue weighted by Crippen LogP contribution is -2.30. The van der Waals surface area contributed by atoms with Gasteiger partial charge in [0.2, 0.25) is 10.0 Å². The van der Waals surface area contributed by atoms with Crippen LogP contribution in [0.15, 0.2) is 28.8 Å². The van der Waals surface area contributed by atoms with Gasteiger partial charge in [-0.2, -0.15) is 5.10 Å². The highest BCUT2D eigenvalue weighted by Gasteiger charge is 2.24. The standard InChI is InChI=1S/C14H20N4O3S/c1-22(19,20)16-8-11-5-7-18(9-11)10-12-2-3-14(21-12)13-4-6-15-17-13/h2-4,6,11,16H,5,7-10H2,1H3,(H,15,17). The van der Waals surface area contributed by atoms with E-state index in [0.29, 0.717) is 12.5 Å². The molecule has 2 aromatic rings. The molecule has 120 valence electrons. The van der Waals surface area contributed by atoms with Crippen LogP contribution in [0.1, 0.15) is 12.2 Å². The molecule has 7 nitrogen and oxygen atoms in total. The van der Waals surface area contributed by atoms with Gasteiger partial charge in [0.05, 0.1) is 12.8 Å². The number of hydrogen-bond acceptors (Lipinski definition) is 5. The molecule has 0 spiro atoms. The van der Waals surface area contributed by atoms with Gasteiger partial charge in [0.25, 0.3) is 0 Å². The summed E-state index contributed by atoms with van der Waals surface area (Å²) in [5.41, 5.74) is 0.864. The van der Waals surface area contributed by atoms with Crippen molar-refractivity contribution in [2.45, 2.75) is 13.0 Å². The number of hydrogen-bond donors (Lipinski definition) is 2. The van der Waals surface area contributed by atoms with E-state index in [4.69, 9.17) is 4.42 Å². The number of furan rings is 1. The van der Waals surface area contributed by atoms with E-state index in [1.807, 2.05) is 18.2 Å². The molecular formula is C14H20N4O3S. The van der Waals surface area contributed by atoms with Gasteiger partial charge in [0, 0.05) is 19.3 Å². The summed E-state index contributed by atoms with van der Waals surface area (Å²) in [5.74, 6) is 2.04. The van der Waals surface area contributed by atoms with Crippen LogP contribution < -0.4 is 4.72 Å². The van der Waals surface area contributed by atoms with Crippen molar-refractivity contribution in [2.75, 3.05) is 25.9 Å². The second-order valence-electron chi connectivity index (χ2n) is 5.75. The fourth-order valence-electron chi connectivity index (χ4n) is 2.71. The molecule has 8 heteroatoms. The van der Waals surface area contributed by atoms with E-state index < -0.39 is 10.0 Å². The predicted octanol–water partition coefficient (Wildman–Crippen LogP) is 1.04. The second-order valence-corrected chi connectivity index (χ2v) is 7.58. The van der Waals surface area contributed by atoms with Crippen LogP contribution in [0.5, 0.6) is 0 Å². The Kier molecular flexibility index (Phi) is 4.32. The maximum absolute atomic E-state index is 11.1. The zero-order valence-corrected chi connectivity index (χ0v) is 13.3. The third-order valence-electron chi connectivity index (χ3n) is 3.81. The number of sulfonamides is 1. The molecule has 0 saturated carbocycles. The lowest BCUT2D eigenvalue weighted by atomic mass is 10.1. The van der Waals surface area contributed by atoms with Crippen molar-refractivity contribution >= 4 is 10.0 Å². The molecule has 1 aliphatic heterocycles. The van der Waals surface area contributed by atoms with Crippen molar-refractivity contribution in [3.63, 3.8) is 0 Å². The monoisotopic (exact) mass is 324 g/mol. The Hall–Kier alpha value is -1.64. The molecule has 1 aliphatic rings. The van der Waals surface area contributed by atoms with Gasteiger partial charge in [-0.3, -0.25) is 10.00 Å². The quantitative estimate of drug-likeness (QED) is 0.828. The van der Waals surface area contributed by atoms with Gasteiger partial charge in [-0.15, -0.1) is 0 Å². The minimum Gasteiger partial charge on any atom is -0.458 e. The van der Waals surface area contributed by atoms with Crippen LogP contribution in [-0.2, 0) is 16.6 Å². The Morgan fingerprint density at radius 2 is 2.32 bits per heavy atom. The second kappa shape index (κ2) is 6.23. The van der Waals surface area contributed by atoms with Crippen molar-refractivity contribution in [3.05, 3.63) is 30.2 Å². The van der Waals surface area contributed by atoms with E-state index in [9.17, 15) is 8.42 Å². The molecule has 0 bridgehead atoms. The topological polar surface area (TPSA) is 91.2 Å². The molecule has 1 saturated heterocycles. The molecule has 3 heterocycles. The zero-order valence-electron chi connectivity index (χ0n) is 12.4. The first-order valence-electron chi connectivity index (χ1n) is 7.25. The number of nitrogens with one attached hydrogen (secondary N) is 2. The van der Waals surface area contributed by atoms with E-state index >= 15 is 0 Å². The molecule has 2 N–H and O–H groups in total. The van der Waals surface area contributed by atoms with E-state index in [1.54, 1.807) is 6.20 Å². The van der Waals surface area contributed by atoms with Crippen LogP contribution >= 0.6 is 0 Å². The third-order valence-corrected chi connectivity index (χ3v) is 4.50. The van der Waals surface area contributed by atoms with Gasteiger partial charge >= 0.3 is 0 Å². The average molecular weight is 324 g/mol. The van der Waals surface area contributed by atoms with Crippen LogP contribution in [0.2, 0.25) is 0 Å². The number of aromatic amines is 1. The van der Waals surface area contributed by atoms with Gasteiger partial charge in [-0.25, -0.2) is 13.1 Å². The van der Waals surface area contributed by atoms with E-state index in [2.05, 4.69) is 19.8 Å². The number of aromatic nitrogens is 2. The summed E-state index contributed by atoms with van der Waals surface area (Å²) < 4.78 is 30.7. The molecule has 1 fully saturated rings. The fraction of sp³-hybridized carbons (Fsp3) is 0.500. The van der Waals surface area contributed by atoms with Crippen LogP contribution in [0.4, 0.5) is 0 Å². The molecular weight excluding hydrogens is 304 g/mol. The Balaban J connectivity index is 1.52. The Morgan fingerprint density at radius 1 is 1.45 bits per heavy atom. The summed E-state index contributed by atoms with van der Waals surface area (Å²) in [6, 6.07) is 5.77. The number of likely N-dealkylation sites (tertiary alicyclic amines) is 1. The largest absolute Gasteiger partial charge is 0.458 e. The molecule has 3 rings (SSSR count). The molecule has 1 atom stereocenters. The Morgan fingerprint density at radius 3 is 3.05 bits per heavy atom. The van der Waals surface area contributed by atoms with Gasteiger partial charge < -0.3 is 4.42 Å². The number of rotatable bonds is 6. The first-order valence-corrected chi connectivity index (χ1v) is 9.14. The highest BCUT2D eigenvalue weighted by molar-refractivity contribution is 7.88. The van der Waals surface area contributed by atoms with Gasteiger partial charge in [-0.1, -0.05) is 0 Å². The highest BCUT2D eigenvalue weighted by atomic mass is 32.2. The van der Waals surface area contributed by atoms with Crippen molar-refractivity contribution in [1.29, 1.82) is 0 Å². The van der Waals surface area contributed by atoms with E-state index in [-0.39, 0.29) is 0 Å². The van der Waals surface area contributed by atoms with Gasteiger partial charge in [0.15, 0.2) is 5.76 Å². The normalized spacial score (nSPS) is 19.8. The molecule has 2 aromatic heterocycles.